The van der Waals surface area contributed by atoms with Crippen molar-refractivity contribution in [3.63, 3.8) is 0 Å². The first-order valence-corrected chi connectivity index (χ1v) is 7.24. The van der Waals surface area contributed by atoms with Crippen LogP contribution < -0.4 is 10.6 Å². The summed E-state index contributed by atoms with van der Waals surface area (Å²) in [5.74, 6) is -0.121. The predicted octanol–water partition coefficient (Wildman–Crippen LogP) is 0.969. The van der Waals surface area contributed by atoms with Gasteiger partial charge in [0.05, 0.1) is 13.2 Å². The summed E-state index contributed by atoms with van der Waals surface area (Å²) >= 11 is 0. The Morgan fingerprint density at radius 3 is 2.35 bits per heavy atom. The monoisotopic (exact) mass is 285 g/mol. The molecule has 2 N–H and O–H groups in total. The van der Waals surface area contributed by atoms with E-state index in [9.17, 15) is 9.59 Å². The second-order valence-corrected chi connectivity index (χ2v) is 6.26. The minimum Gasteiger partial charge on any atom is -0.378 e. The van der Waals surface area contributed by atoms with Gasteiger partial charge in [-0.05, 0) is 18.8 Å². The molecule has 0 aliphatic carbocycles. The van der Waals surface area contributed by atoms with Crippen molar-refractivity contribution in [1.29, 1.82) is 0 Å². The smallest absolute Gasteiger partial charge is 0.318 e. The van der Waals surface area contributed by atoms with Crippen LogP contribution in [-0.4, -0.2) is 55.7 Å². The van der Waals surface area contributed by atoms with Crippen molar-refractivity contribution in [2.45, 2.75) is 40.2 Å². The summed E-state index contributed by atoms with van der Waals surface area (Å²) in [6, 6.07) is -0.681. The molecular formula is C14H27N3O3. The Morgan fingerprint density at radius 2 is 1.85 bits per heavy atom. The largest absolute Gasteiger partial charge is 0.378 e. The van der Waals surface area contributed by atoms with Gasteiger partial charge in [0.1, 0.15) is 6.04 Å². The van der Waals surface area contributed by atoms with Gasteiger partial charge in [0.25, 0.3) is 0 Å². The van der Waals surface area contributed by atoms with E-state index in [1.54, 1.807) is 4.90 Å². The van der Waals surface area contributed by atoms with E-state index >= 15 is 0 Å². The lowest BCUT2D eigenvalue weighted by Gasteiger charge is -2.31. The Hall–Kier alpha value is -1.30. The van der Waals surface area contributed by atoms with Crippen LogP contribution in [0.15, 0.2) is 0 Å². The topological polar surface area (TPSA) is 70.7 Å². The van der Waals surface area contributed by atoms with Gasteiger partial charge in [-0.25, -0.2) is 4.79 Å². The average molecular weight is 285 g/mol. The van der Waals surface area contributed by atoms with Gasteiger partial charge in [-0.2, -0.15) is 0 Å². The van der Waals surface area contributed by atoms with Gasteiger partial charge >= 0.3 is 6.03 Å². The van der Waals surface area contributed by atoms with Crippen molar-refractivity contribution in [3.8, 4) is 0 Å². The van der Waals surface area contributed by atoms with Crippen LogP contribution in [0.3, 0.4) is 0 Å². The number of hydrogen-bond donors (Lipinski definition) is 2. The third-order valence-electron chi connectivity index (χ3n) is 3.08. The van der Waals surface area contributed by atoms with Crippen LogP contribution >= 0.6 is 0 Å². The summed E-state index contributed by atoms with van der Waals surface area (Å²) in [6.45, 7) is 10.9. The van der Waals surface area contributed by atoms with Crippen LogP contribution in [-0.2, 0) is 9.53 Å². The number of nitrogens with one attached hydrogen (secondary N) is 2. The molecule has 0 saturated carbocycles. The maximum Gasteiger partial charge on any atom is 0.318 e. The lowest BCUT2D eigenvalue weighted by Crippen LogP contribution is -2.54. The number of carbonyl (C=O) groups is 2. The Bertz CT molecular complexity index is 333. The van der Waals surface area contributed by atoms with Crippen LogP contribution in [0.5, 0.6) is 0 Å². The number of nitrogens with zero attached hydrogens (tertiary/aromatic N) is 1. The highest BCUT2D eigenvalue weighted by Crippen LogP contribution is 2.21. The van der Waals surface area contributed by atoms with E-state index in [0.29, 0.717) is 39.3 Å². The molecule has 0 radical (unpaired) electrons. The molecule has 6 heteroatoms. The maximum atomic E-state index is 12.2. The van der Waals surface area contributed by atoms with Crippen LogP contribution in [0.2, 0.25) is 0 Å². The SMILES string of the molecule is CCNC(=O)[C@H](CC(C)(C)C)NC(=O)N1CCOCC1. The highest BCUT2D eigenvalue weighted by molar-refractivity contribution is 5.87. The first-order valence-electron chi connectivity index (χ1n) is 7.24. The molecule has 20 heavy (non-hydrogen) atoms. The van der Waals surface area contributed by atoms with Gasteiger partial charge in [-0.3, -0.25) is 4.79 Å². The van der Waals surface area contributed by atoms with E-state index in [-0.39, 0.29) is 17.4 Å². The van der Waals surface area contributed by atoms with Crippen LogP contribution in [0.4, 0.5) is 4.79 Å². The fourth-order valence-electron chi connectivity index (χ4n) is 2.13. The number of ether oxygens (including phenoxy) is 1. The number of urea groups is 1. The standard InChI is InChI=1S/C14H27N3O3/c1-5-15-12(18)11(10-14(2,3)4)16-13(19)17-6-8-20-9-7-17/h11H,5-10H2,1-4H3,(H,15,18)(H,16,19)/t11-/m0/s1. The molecule has 0 aromatic heterocycles. The second-order valence-electron chi connectivity index (χ2n) is 6.26. The van der Waals surface area contributed by atoms with E-state index in [1.165, 1.54) is 0 Å². The average Bonchev–Trinajstić information content (AvgIpc) is 2.37. The van der Waals surface area contributed by atoms with Gasteiger partial charge in [0, 0.05) is 19.6 Å². The molecule has 1 saturated heterocycles. The summed E-state index contributed by atoms with van der Waals surface area (Å²) in [4.78, 5) is 25.9. The van der Waals surface area contributed by atoms with E-state index in [1.807, 2.05) is 6.92 Å². The zero-order valence-electron chi connectivity index (χ0n) is 13.0. The predicted molar refractivity (Wildman–Crippen MR) is 77.5 cm³/mol. The second kappa shape index (κ2) is 7.47. The Labute approximate surface area is 121 Å². The molecule has 0 aromatic carbocycles. The fourth-order valence-corrected chi connectivity index (χ4v) is 2.13. The zero-order chi connectivity index (χ0) is 15.2. The maximum absolute atomic E-state index is 12.2. The summed E-state index contributed by atoms with van der Waals surface area (Å²) < 4.78 is 5.22. The molecule has 3 amide bonds. The Kier molecular flexibility index (Phi) is 6.26. The highest BCUT2D eigenvalue weighted by atomic mass is 16.5. The van der Waals surface area contributed by atoms with Crippen molar-refractivity contribution in [1.82, 2.24) is 15.5 Å². The van der Waals surface area contributed by atoms with Gasteiger partial charge in [-0.15, -0.1) is 0 Å². The molecule has 6 nitrogen and oxygen atoms in total. The third kappa shape index (κ3) is 5.77. The zero-order valence-corrected chi connectivity index (χ0v) is 13.0. The molecule has 1 aliphatic rings. The molecule has 0 spiro atoms. The van der Waals surface area contributed by atoms with Crippen LogP contribution in [0.25, 0.3) is 0 Å². The van der Waals surface area contributed by atoms with Crippen molar-refractivity contribution < 1.29 is 14.3 Å². The van der Waals surface area contributed by atoms with Gasteiger partial charge in [-0.1, -0.05) is 20.8 Å². The van der Waals surface area contributed by atoms with Gasteiger partial charge in [0.2, 0.25) is 5.91 Å². The quantitative estimate of drug-likeness (QED) is 0.808. The van der Waals surface area contributed by atoms with Crippen molar-refractivity contribution in [3.05, 3.63) is 0 Å². The molecule has 0 bridgehead atoms. The first kappa shape index (κ1) is 16.8. The summed E-state index contributed by atoms with van der Waals surface area (Å²) in [7, 11) is 0. The molecule has 1 aliphatic heterocycles. The highest BCUT2D eigenvalue weighted by Gasteiger charge is 2.28. The van der Waals surface area contributed by atoms with Crippen molar-refractivity contribution >= 4 is 11.9 Å². The van der Waals surface area contributed by atoms with Crippen molar-refractivity contribution in [2.24, 2.45) is 5.41 Å². The lowest BCUT2D eigenvalue weighted by atomic mass is 9.88. The molecular weight excluding hydrogens is 258 g/mol. The summed E-state index contributed by atoms with van der Waals surface area (Å²) in [6.07, 6.45) is 0.606. The molecule has 1 rings (SSSR count). The number of hydrogen-bond acceptors (Lipinski definition) is 3. The fraction of sp³-hybridized carbons (Fsp3) is 0.857. The molecule has 1 heterocycles. The Morgan fingerprint density at radius 1 is 1.25 bits per heavy atom. The summed E-state index contributed by atoms with van der Waals surface area (Å²) in [5.41, 5.74) is -0.0337. The molecule has 116 valence electrons. The first-order chi connectivity index (χ1) is 9.33. The van der Waals surface area contributed by atoms with Gasteiger partial charge < -0.3 is 20.3 Å². The molecule has 1 atom stereocenters. The minimum absolute atomic E-state index is 0.0337. The van der Waals surface area contributed by atoms with E-state index < -0.39 is 6.04 Å². The number of amides is 3. The third-order valence-corrected chi connectivity index (χ3v) is 3.08. The summed E-state index contributed by atoms with van der Waals surface area (Å²) in [5, 5.41) is 5.63. The van der Waals surface area contributed by atoms with Crippen LogP contribution in [0.1, 0.15) is 34.1 Å². The number of carbonyl (C=O) groups excluding carboxylic acids is 2. The van der Waals surface area contributed by atoms with Gasteiger partial charge in [0.15, 0.2) is 0 Å². The van der Waals surface area contributed by atoms with E-state index in [2.05, 4.69) is 31.4 Å². The normalized spacial score (nSPS) is 17.5. The minimum atomic E-state index is -0.495. The molecule has 1 fully saturated rings. The van der Waals surface area contributed by atoms with Crippen LogP contribution in [0, 0.1) is 5.41 Å². The van der Waals surface area contributed by atoms with E-state index in [0.717, 1.165) is 0 Å². The number of likely N-dealkylation sites (N-methyl/N-ethyl adjacent to an activating group) is 1. The molecule has 0 unspecified atom stereocenters. The van der Waals surface area contributed by atoms with Crippen molar-refractivity contribution in [2.75, 3.05) is 32.8 Å². The number of morpholine rings is 1. The molecule has 0 aromatic rings. The lowest BCUT2D eigenvalue weighted by molar-refractivity contribution is -0.123. The van der Waals surface area contributed by atoms with E-state index in [4.69, 9.17) is 4.74 Å². The number of rotatable bonds is 4. The Balaban J connectivity index is 2.62.